The molecule has 104 valence electrons. The summed E-state index contributed by atoms with van der Waals surface area (Å²) in [5, 5.41) is 10.9. The van der Waals surface area contributed by atoms with Gasteiger partial charge >= 0.3 is 0 Å². The van der Waals surface area contributed by atoms with Gasteiger partial charge in [-0.2, -0.15) is 0 Å². The Morgan fingerprint density at radius 1 is 1.14 bits per heavy atom. The second-order valence-electron chi connectivity index (χ2n) is 4.68. The summed E-state index contributed by atoms with van der Waals surface area (Å²) >= 11 is 0. The van der Waals surface area contributed by atoms with Crippen molar-refractivity contribution in [3.63, 3.8) is 0 Å². The standard InChI is InChI=1S/C16H12N2O3/c17-15(20)10-4-1-3-9(7-10)12-8-18-16(21)11-5-2-6-13(19)14(11)12/h1-8,19H,(H2,17,20)(H,18,21). The molecule has 21 heavy (non-hydrogen) atoms. The van der Waals surface area contributed by atoms with Crippen molar-refractivity contribution in [2.75, 3.05) is 0 Å². The Kier molecular flexibility index (Phi) is 2.95. The van der Waals surface area contributed by atoms with E-state index in [1.807, 2.05) is 0 Å². The summed E-state index contributed by atoms with van der Waals surface area (Å²) in [4.78, 5) is 25.8. The highest BCUT2D eigenvalue weighted by Gasteiger charge is 2.11. The van der Waals surface area contributed by atoms with Crippen molar-refractivity contribution in [2.45, 2.75) is 0 Å². The van der Waals surface area contributed by atoms with E-state index >= 15 is 0 Å². The van der Waals surface area contributed by atoms with Crippen LogP contribution in [-0.2, 0) is 0 Å². The number of hydrogen-bond donors (Lipinski definition) is 3. The van der Waals surface area contributed by atoms with Crippen LogP contribution in [0.15, 0.2) is 53.5 Å². The molecule has 0 bridgehead atoms. The lowest BCUT2D eigenvalue weighted by Crippen LogP contribution is -2.10. The third-order valence-corrected chi connectivity index (χ3v) is 3.36. The maximum atomic E-state index is 11.8. The van der Waals surface area contributed by atoms with Gasteiger partial charge < -0.3 is 15.8 Å². The van der Waals surface area contributed by atoms with Crippen LogP contribution in [0, 0.1) is 0 Å². The summed E-state index contributed by atoms with van der Waals surface area (Å²) in [5.41, 5.74) is 6.68. The number of carbonyl (C=O) groups excluding carboxylic acids is 1. The number of pyridine rings is 1. The number of H-pyrrole nitrogens is 1. The molecular weight excluding hydrogens is 268 g/mol. The van der Waals surface area contributed by atoms with Crippen LogP contribution in [-0.4, -0.2) is 16.0 Å². The molecule has 1 amide bonds. The van der Waals surface area contributed by atoms with E-state index in [2.05, 4.69) is 4.98 Å². The van der Waals surface area contributed by atoms with Gasteiger partial charge in [0.05, 0.1) is 5.39 Å². The largest absolute Gasteiger partial charge is 0.507 e. The summed E-state index contributed by atoms with van der Waals surface area (Å²) in [6, 6.07) is 11.5. The van der Waals surface area contributed by atoms with E-state index in [-0.39, 0.29) is 11.3 Å². The number of rotatable bonds is 2. The summed E-state index contributed by atoms with van der Waals surface area (Å²) in [5.74, 6) is -0.520. The maximum absolute atomic E-state index is 11.8. The number of amides is 1. The minimum atomic E-state index is -0.533. The minimum absolute atomic E-state index is 0.0121. The number of aromatic nitrogens is 1. The lowest BCUT2D eigenvalue weighted by Gasteiger charge is -2.09. The number of primary amides is 1. The third-order valence-electron chi connectivity index (χ3n) is 3.36. The van der Waals surface area contributed by atoms with Crippen molar-refractivity contribution in [3.8, 4) is 16.9 Å². The molecule has 4 N–H and O–H groups in total. The molecule has 0 aliphatic rings. The Morgan fingerprint density at radius 2 is 1.90 bits per heavy atom. The maximum Gasteiger partial charge on any atom is 0.255 e. The van der Waals surface area contributed by atoms with Crippen LogP contribution in [0.5, 0.6) is 5.75 Å². The highest BCUT2D eigenvalue weighted by molar-refractivity contribution is 6.01. The second-order valence-corrected chi connectivity index (χ2v) is 4.68. The fraction of sp³-hybridized carbons (Fsp3) is 0. The number of nitrogens with one attached hydrogen (secondary N) is 1. The Hall–Kier alpha value is -3.08. The van der Waals surface area contributed by atoms with E-state index < -0.39 is 5.91 Å². The summed E-state index contributed by atoms with van der Waals surface area (Å²) in [6.45, 7) is 0. The quantitative estimate of drug-likeness (QED) is 0.669. The molecule has 2 aromatic carbocycles. The first kappa shape index (κ1) is 12.9. The predicted molar refractivity (Wildman–Crippen MR) is 80.2 cm³/mol. The van der Waals surface area contributed by atoms with Gasteiger partial charge in [0.1, 0.15) is 5.75 Å². The highest BCUT2D eigenvalue weighted by atomic mass is 16.3. The van der Waals surface area contributed by atoms with Gasteiger partial charge in [0.25, 0.3) is 5.56 Å². The molecule has 3 rings (SSSR count). The molecule has 0 saturated carbocycles. The van der Waals surface area contributed by atoms with Gasteiger partial charge in [-0.25, -0.2) is 0 Å². The first-order valence-corrected chi connectivity index (χ1v) is 6.31. The molecule has 0 aliphatic carbocycles. The van der Waals surface area contributed by atoms with E-state index in [4.69, 9.17) is 5.73 Å². The van der Waals surface area contributed by atoms with Crippen LogP contribution < -0.4 is 11.3 Å². The van der Waals surface area contributed by atoms with Crippen LogP contribution in [0.2, 0.25) is 0 Å². The van der Waals surface area contributed by atoms with Crippen molar-refractivity contribution in [1.82, 2.24) is 4.98 Å². The molecule has 3 aromatic rings. The van der Waals surface area contributed by atoms with Crippen LogP contribution in [0.3, 0.4) is 0 Å². The number of aromatic hydroxyl groups is 1. The number of fused-ring (bicyclic) bond motifs is 1. The lowest BCUT2D eigenvalue weighted by atomic mass is 9.98. The molecular formula is C16H12N2O3. The smallest absolute Gasteiger partial charge is 0.255 e. The van der Waals surface area contributed by atoms with E-state index in [9.17, 15) is 14.7 Å². The molecule has 1 heterocycles. The number of phenolic OH excluding ortho intramolecular Hbond substituents is 1. The van der Waals surface area contributed by atoms with E-state index in [0.717, 1.165) is 0 Å². The first-order valence-electron chi connectivity index (χ1n) is 6.31. The summed E-state index contributed by atoms with van der Waals surface area (Å²) in [6.07, 6.45) is 1.52. The number of aromatic amines is 1. The molecule has 0 atom stereocenters. The number of nitrogens with two attached hydrogens (primary N) is 1. The molecule has 1 aromatic heterocycles. The normalized spacial score (nSPS) is 10.7. The van der Waals surface area contributed by atoms with Crippen LogP contribution in [0.1, 0.15) is 10.4 Å². The van der Waals surface area contributed by atoms with Gasteiger partial charge in [-0.15, -0.1) is 0 Å². The molecule has 5 nitrogen and oxygen atoms in total. The summed E-state index contributed by atoms with van der Waals surface area (Å²) < 4.78 is 0. The monoisotopic (exact) mass is 280 g/mol. The SMILES string of the molecule is NC(=O)c1cccc(-c2c[nH]c(=O)c3cccc(O)c23)c1. The highest BCUT2D eigenvalue weighted by Crippen LogP contribution is 2.32. The second kappa shape index (κ2) is 4.79. The fourth-order valence-electron chi connectivity index (χ4n) is 2.37. The predicted octanol–water partition coefficient (Wildman–Crippen LogP) is 2.00. The lowest BCUT2D eigenvalue weighted by molar-refractivity contribution is 0.100. The number of phenols is 1. The van der Waals surface area contributed by atoms with Gasteiger partial charge in [0.2, 0.25) is 5.91 Å². The van der Waals surface area contributed by atoms with Crippen molar-refractivity contribution in [1.29, 1.82) is 0 Å². The molecule has 0 unspecified atom stereocenters. The molecule has 0 spiro atoms. The zero-order chi connectivity index (χ0) is 15.0. The zero-order valence-electron chi connectivity index (χ0n) is 11.0. The topological polar surface area (TPSA) is 96.2 Å². The van der Waals surface area contributed by atoms with E-state index in [1.165, 1.54) is 12.3 Å². The van der Waals surface area contributed by atoms with Gasteiger partial charge in [-0.3, -0.25) is 9.59 Å². The zero-order valence-corrected chi connectivity index (χ0v) is 11.0. The van der Waals surface area contributed by atoms with E-state index in [1.54, 1.807) is 36.4 Å². The van der Waals surface area contributed by atoms with Crippen molar-refractivity contribution in [2.24, 2.45) is 5.73 Å². The average Bonchev–Trinajstić information content (AvgIpc) is 2.48. The molecule has 0 fully saturated rings. The Labute approximate surface area is 119 Å². The van der Waals surface area contributed by atoms with Crippen molar-refractivity contribution >= 4 is 16.7 Å². The third kappa shape index (κ3) is 2.14. The number of benzene rings is 2. The fourth-order valence-corrected chi connectivity index (χ4v) is 2.37. The molecule has 0 aliphatic heterocycles. The Balaban J connectivity index is 2.36. The minimum Gasteiger partial charge on any atom is -0.507 e. The van der Waals surface area contributed by atoms with E-state index in [0.29, 0.717) is 27.5 Å². The van der Waals surface area contributed by atoms with Crippen LogP contribution in [0.4, 0.5) is 0 Å². The van der Waals surface area contributed by atoms with Gasteiger partial charge in [-0.05, 0) is 29.8 Å². The average molecular weight is 280 g/mol. The molecule has 5 heteroatoms. The van der Waals surface area contributed by atoms with Crippen LogP contribution in [0.25, 0.3) is 21.9 Å². The van der Waals surface area contributed by atoms with Gasteiger partial charge in [0.15, 0.2) is 0 Å². The van der Waals surface area contributed by atoms with Crippen molar-refractivity contribution < 1.29 is 9.90 Å². The Morgan fingerprint density at radius 3 is 2.67 bits per heavy atom. The summed E-state index contributed by atoms with van der Waals surface area (Å²) in [7, 11) is 0. The number of hydrogen-bond acceptors (Lipinski definition) is 3. The molecule has 0 saturated heterocycles. The first-order chi connectivity index (χ1) is 10.1. The number of carbonyl (C=O) groups is 1. The van der Waals surface area contributed by atoms with Gasteiger partial charge in [0, 0.05) is 22.7 Å². The van der Waals surface area contributed by atoms with Gasteiger partial charge in [-0.1, -0.05) is 18.2 Å². The molecule has 0 radical (unpaired) electrons. The Bertz CT molecular complexity index is 913. The van der Waals surface area contributed by atoms with Crippen molar-refractivity contribution in [3.05, 3.63) is 64.6 Å². The van der Waals surface area contributed by atoms with Crippen LogP contribution >= 0.6 is 0 Å².